The number of likely N-dealkylation sites (N-methyl/N-ethyl adjacent to an activating group) is 1. The monoisotopic (exact) mass is 345 g/mol. The summed E-state index contributed by atoms with van der Waals surface area (Å²) in [4.78, 5) is 33.2. The van der Waals surface area contributed by atoms with Gasteiger partial charge in [0.1, 0.15) is 10.9 Å². The molecule has 1 aliphatic rings. The molecule has 3 heterocycles. The summed E-state index contributed by atoms with van der Waals surface area (Å²) in [5, 5.41) is 3.76. The van der Waals surface area contributed by atoms with Gasteiger partial charge in [-0.05, 0) is 57.2 Å². The molecule has 6 heteroatoms. The Balaban J connectivity index is 2.03. The lowest BCUT2D eigenvalue weighted by Crippen LogP contribution is -2.51. The van der Waals surface area contributed by atoms with E-state index in [1.54, 1.807) is 11.9 Å². The number of piperidine rings is 1. The van der Waals surface area contributed by atoms with Gasteiger partial charge in [0.25, 0.3) is 5.91 Å². The largest absolute Gasteiger partial charge is 0.357 e. The Morgan fingerprint density at radius 1 is 1.29 bits per heavy atom. The molecule has 5 nitrogen and oxygen atoms in total. The Kier molecular flexibility index (Phi) is 4.58. The van der Waals surface area contributed by atoms with Crippen LogP contribution < -0.4 is 5.32 Å². The number of nitrogens with one attached hydrogen (secondary N) is 1. The average molecular weight is 345 g/mol. The maximum Gasteiger partial charge on any atom is 0.264 e. The highest BCUT2D eigenvalue weighted by molar-refractivity contribution is 7.20. The summed E-state index contributed by atoms with van der Waals surface area (Å²) in [6.07, 6.45) is 2.65. The standard InChI is InChI=1S/C18H23N3O2S/c1-10-9-11(2)20-17-14(10)12(3)15(24-17)18(23)21-8-6-5-7-13(21)16(22)19-4/h9,13H,5-8H2,1-4H3,(H,19,22). The molecular weight excluding hydrogens is 322 g/mol. The number of pyridine rings is 1. The van der Waals surface area contributed by atoms with Crippen LogP contribution in [0.4, 0.5) is 0 Å². The number of carbonyl (C=O) groups excluding carboxylic acids is 2. The molecule has 1 fully saturated rings. The van der Waals surface area contributed by atoms with Crippen LogP contribution in [0.25, 0.3) is 10.2 Å². The second-order valence-electron chi connectivity index (χ2n) is 6.44. The molecule has 0 spiro atoms. The van der Waals surface area contributed by atoms with Crippen LogP contribution in [0, 0.1) is 20.8 Å². The van der Waals surface area contributed by atoms with Gasteiger partial charge in [-0.25, -0.2) is 4.98 Å². The molecule has 3 rings (SSSR count). The number of fused-ring (bicyclic) bond motifs is 1. The van der Waals surface area contributed by atoms with Gasteiger partial charge >= 0.3 is 0 Å². The van der Waals surface area contributed by atoms with E-state index in [4.69, 9.17) is 0 Å². The number of amides is 2. The lowest BCUT2D eigenvalue weighted by atomic mass is 10.0. The van der Waals surface area contributed by atoms with E-state index in [0.717, 1.165) is 46.3 Å². The molecule has 0 bridgehead atoms. The fraction of sp³-hybridized carbons (Fsp3) is 0.500. The van der Waals surface area contributed by atoms with Crippen molar-refractivity contribution in [3.8, 4) is 0 Å². The first-order valence-corrected chi connectivity index (χ1v) is 9.15. The zero-order chi connectivity index (χ0) is 17.4. The van der Waals surface area contributed by atoms with E-state index >= 15 is 0 Å². The van der Waals surface area contributed by atoms with Gasteiger partial charge in [-0.2, -0.15) is 0 Å². The first kappa shape index (κ1) is 16.9. The van der Waals surface area contributed by atoms with E-state index in [0.29, 0.717) is 11.4 Å². The molecule has 0 radical (unpaired) electrons. The van der Waals surface area contributed by atoms with Crippen molar-refractivity contribution in [2.24, 2.45) is 0 Å². The third kappa shape index (κ3) is 2.79. The summed E-state index contributed by atoms with van der Waals surface area (Å²) in [7, 11) is 1.63. The van der Waals surface area contributed by atoms with Gasteiger partial charge < -0.3 is 10.2 Å². The van der Waals surface area contributed by atoms with Crippen LogP contribution in [0.3, 0.4) is 0 Å². The summed E-state index contributed by atoms with van der Waals surface area (Å²) < 4.78 is 0. The van der Waals surface area contributed by atoms with Crippen molar-refractivity contribution in [3.05, 3.63) is 27.8 Å². The van der Waals surface area contributed by atoms with Gasteiger partial charge in [-0.3, -0.25) is 9.59 Å². The summed E-state index contributed by atoms with van der Waals surface area (Å²) in [5.41, 5.74) is 3.08. The normalized spacial score (nSPS) is 18.0. The van der Waals surface area contributed by atoms with E-state index in [9.17, 15) is 9.59 Å². The van der Waals surface area contributed by atoms with Crippen LogP contribution >= 0.6 is 11.3 Å². The summed E-state index contributed by atoms with van der Waals surface area (Å²) in [6.45, 7) is 6.64. The number of aryl methyl sites for hydroxylation is 3. The van der Waals surface area contributed by atoms with Gasteiger partial charge in [-0.1, -0.05) is 0 Å². The van der Waals surface area contributed by atoms with Gasteiger partial charge in [0.15, 0.2) is 0 Å². The third-order valence-corrected chi connectivity index (χ3v) is 5.91. The molecule has 0 saturated carbocycles. The molecule has 0 aliphatic carbocycles. The second-order valence-corrected chi connectivity index (χ2v) is 7.44. The second kappa shape index (κ2) is 6.51. The van der Waals surface area contributed by atoms with Crippen LogP contribution in [0.5, 0.6) is 0 Å². The van der Waals surface area contributed by atoms with Crippen molar-refractivity contribution in [1.29, 1.82) is 0 Å². The molecule has 2 aromatic rings. The first-order chi connectivity index (χ1) is 11.4. The predicted molar refractivity (Wildman–Crippen MR) is 96.6 cm³/mol. The minimum atomic E-state index is -0.364. The Labute approximate surface area is 146 Å². The number of rotatable bonds is 2. The molecule has 128 valence electrons. The van der Waals surface area contributed by atoms with Crippen molar-refractivity contribution >= 4 is 33.4 Å². The number of likely N-dealkylation sites (tertiary alicyclic amines) is 1. The lowest BCUT2D eigenvalue weighted by Gasteiger charge is -2.34. The molecule has 1 saturated heterocycles. The lowest BCUT2D eigenvalue weighted by molar-refractivity contribution is -0.126. The quantitative estimate of drug-likeness (QED) is 0.910. The molecule has 0 aromatic carbocycles. The van der Waals surface area contributed by atoms with E-state index in [1.807, 2.05) is 19.9 Å². The molecule has 2 aromatic heterocycles. The Hall–Kier alpha value is -1.95. The Morgan fingerprint density at radius 2 is 2.04 bits per heavy atom. The maximum atomic E-state index is 13.1. The summed E-state index contributed by atoms with van der Waals surface area (Å²) >= 11 is 1.44. The maximum absolute atomic E-state index is 13.1. The number of carbonyl (C=O) groups is 2. The third-order valence-electron chi connectivity index (χ3n) is 4.73. The summed E-state index contributed by atoms with van der Waals surface area (Å²) in [6, 6.07) is 1.68. The molecule has 1 atom stereocenters. The molecular formula is C18H23N3O2S. The fourth-order valence-corrected chi connectivity index (χ4v) is 4.83. The predicted octanol–water partition coefficient (Wildman–Crippen LogP) is 2.96. The molecule has 1 N–H and O–H groups in total. The van der Waals surface area contributed by atoms with Crippen molar-refractivity contribution in [1.82, 2.24) is 15.2 Å². The average Bonchev–Trinajstić information content (AvgIpc) is 2.90. The molecule has 1 aliphatic heterocycles. The van der Waals surface area contributed by atoms with E-state index in [2.05, 4.69) is 17.2 Å². The van der Waals surface area contributed by atoms with Gasteiger partial charge in [0, 0.05) is 24.7 Å². The summed E-state index contributed by atoms with van der Waals surface area (Å²) in [5.74, 6) is -0.118. The van der Waals surface area contributed by atoms with Crippen molar-refractivity contribution in [3.63, 3.8) is 0 Å². The first-order valence-electron chi connectivity index (χ1n) is 8.34. The smallest absolute Gasteiger partial charge is 0.264 e. The van der Waals surface area contributed by atoms with E-state index in [1.165, 1.54) is 11.3 Å². The molecule has 1 unspecified atom stereocenters. The molecule has 2 amide bonds. The van der Waals surface area contributed by atoms with Gasteiger partial charge in [0.05, 0.1) is 4.88 Å². The number of thiophene rings is 1. The Morgan fingerprint density at radius 3 is 2.75 bits per heavy atom. The van der Waals surface area contributed by atoms with Crippen molar-refractivity contribution in [2.75, 3.05) is 13.6 Å². The van der Waals surface area contributed by atoms with E-state index < -0.39 is 0 Å². The SMILES string of the molecule is CNC(=O)C1CCCCN1C(=O)c1sc2nc(C)cc(C)c2c1C. The van der Waals surface area contributed by atoms with Crippen LogP contribution in [0.2, 0.25) is 0 Å². The molecule has 24 heavy (non-hydrogen) atoms. The highest BCUT2D eigenvalue weighted by Crippen LogP contribution is 2.34. The van der Waals surface area contributed by atoms with Gasteiger partial charge in [0.2, 0.25) is 5.91 Å². The minimum absolute atomic E-state index is 0.0409. The van der Waals surface area contributed by atoms with Crippen molar-refractivity contribution in [2.45, 2.75) is 46.1 Å². The van der Waals surface area contributed by atoms with Crippen molar-refractivity contribution < 1.29 is 9.59 Å². The minimum Gasteiger partial charge on any atom is -0.357 e. The van der Waals surface area contributed by atoms with E-state index in [-0.39, 0.29) is 17.9 Å². The Bertz CT molecular complexity index is 812. The highest BCUT2D eigenvalue weighted by Gasteiger charge is 2.33. The van der Waals surface area contributed by atoms with Crippen LogP contribution in [-0.4, -0.2) is 41.3 Å². The number of aromatic nitrogens is 1. The topological polar surface area (TPSA) is 62.3 Å². The van der Waals surface area contributed by atoms with Crippen LogP contribution in [-0.2, 0) is 4.79 Å². The zero-order valence-electron chi connectivity index (χ0n) is 14.6. The number of hydrogen-bond donors (Lipinski definition) is 1. The zero-order valence-corrected chi connectivity index (χ0v) is 15.4. The van der Waals surface area contributed by atoms with Gasteiger partial charge in [-0.15, -0.1) is 11.3 Å². The number of nitrogens with zero attached hydrogens (tertiary/aromatic N) is 2. The van der Waals surface area contributed by atoms with Crippen LogP contribution in [0.15, 0.2) is 6.07 Å². The number of hydrogen-bond acceptors (Lipinski definition) is 4. The fourth-order valence-electron chi connectivity index (χ4n) is 3.57. The highest BCUT2D eigenvalue weighted by atomic mass is 32.1. The van der Waals surface area contributed by atoms with Crippen LogP contribution in [0.1, 0.15) is 45.8 Å².